The molecule has 1 heterocycles. The second-order valence-electron chi connectivity index (χ2n) is 5.47. The molecule has 0 fully saturated rings. The van der Waals surface area contributed by atoms with Crippen molar-refractivity contribution >= 4 is 31.6 Å². The first kappa shape index (κ1) is 17.4. The Hall–Kier alpha value is -2.38. The maximum atomic E-state index is 12.3. The molecule has 0 radical (unpaired) electrons. The zero-order chi connectivity index (χ0) is 17.7. The monoisotopic (exact) mass is 372 g/mol. The van der Waals surface area contributed by atoms with Crippen LogP contribution in [-0.4, -0.2) is 19.3 Å². The summed E-state index contributed by atoms with van der Waals surface area (Å²) in [4.78, 5) is 2.46. The largest absolute Gasteiger partial charge is 0.302 e. The standard InChI is InChI=1S/C17H16N4O2S2/c18-19-20-25(22,23)21(13-14-5-2-1-3-6-14)11-9-15-7-4-8-17-16(15)10-12-24-17/h1-8,10,12H,9,11,13H2. The van der Waals surface area contributed by atoms with E-state index in [0.29, 0.717) is 6.42 Å². The van der Waals surface area contributed by atoms with Crippen LogP contribution in [0.15, 0.2) is 64.5 Å². The smallest absolute Gasteiger partial charge is 0.204 e. The van der Waals surface area contributed by atoms with Gasteiger partial charge in [-0.15, -0.1) is 11.3 Å². The van der Waals surface area contributed by atoms with Crippen molar-refractivity contribution in [1.82, 2.24) is 4.31 Å². The number of hydrogen-bond acceptors (Lipinski definition) is 3. The van der Waals surface area contributed by atoms with Gasteiger partial charge in [0.15, 0.2) is 0 Å². The van der Waals surface area contributed by atoms with Crippen LogP contribution in [0.1, 0.15) is 11.1 Å². The van der Waals surface area contributed by atoms with Crippen LogP contribution in [0.2, 0.25) is 0 Å². The molecule has 0 saturated heterocycles. The maximum absolute atomic E-state index is 12.3. The van der Waals surface area contributed by atoms with Gasteiger partial charge < -0.3 is 0 Å². The van der Waals surface area contributed by atoms with Crippen LogP contribution in [0.4, 0.5) is 0 Å². The van der Waals surface area contributed by atoms with Gasteiger partial charge in [0.1, 0.15) is 0 Å². The molecule has 0 N–H and O–H groups in total. The van der Waals surface area contributed by atoms with Gasteiger partial charge in [-0.3, -0.25) is 0 Å². The van der Waals surface area contributed by atoms with E-state index in [1.165, 1.54) is 9.01 Å². The Morgan fingerprint density at radius 1 is 1.08 bits per heavy atom. The fourth-order valence-corrected chi connectivity index (χ4v) is 4.34. The number of nitrogens with zero attached hydrogens (tertiary/aromatic N) is 4. The Bertz CT molecular complexity index is 1010. The van der Waals surface area contributed by atoms with Gasteiger partial charge in [-0.05, 0) is 46.0 Å². The highest BCUT2D eigenvalue weighted by Gasteiger charge is 2.21. The third-order valence-corrected chi connectivity index (χ3v) is 6.01. The lowest BCUT2D eigenvalue weighted by Crippen LogP contribution is -2.30. The zero-order valence-electron chi connectivity index (χ0n) is 13.3. The highest BCUT2D eigenvalue weighted by molar-refractivity contribution is 7.87. The number of benzene rings is 2. The van der Waals surface area contributed by atoms with E-state index >= 15 is 0 Å². The molecule has 1 aromatic heterocycles. The first-order chi connectivity index (χ1) is 12.1. The van der Waals surface area contributed by atoms with Gasteiger partial charge in [-0.25, -0.2) is 8.42 Å². The Balaban J connectivity index is 1.84. The van der Waals surface area contributed by atoms with Crippen molar-refractivity contribution < 1.29 is 8.42 Å². The summed E-state index contributed by atoms with van der Waals surface area (Å²) in [6.45, 7) is 0.410. The molecular formula is C17H16N4O2S2. The highest BCUT2D eigenvalue weighted by Crippen LogP contribution is 2.25. The average Bonchev–Trinajstić information content (AvgIpc) is 3.08. The number of fused-ring (bicyclic) bond motifs is 1. The third-order valence-electron chi connectivity index (χ3n) is 3.88. The summed E-state index contributed by atoms with van der Waals surface area (Å²) in [5, 5.41) is 3.15. The van der Waals surface area contributed by atoms with Crippen LogP contribution in [0, 0.1) is 0 Å². The minimum absolute atomic E-state index is 0.168. The van der Waals surface area contributed by atoms with Gasteiger partial charge >= 0.3 is 10.2 Å². The molecule has 25 heavy (non-hydrogen) atoms. The summed E-state index contributed by atoms with van der Waals surface area (Å²) < 4.78 is 29.9. The Kier molecular flexibility index (Phi) is 5.35. The molecule has 0 aliphatic carbocycles. The fraction of sp³-hybridized carbons (Fsp3) is 0.176. The lowest BCUT2D eigenvalue weighted by Gasteiger charge is -2.19. The number of azide groups is 1. The van der Waals surface area contributed by atoms with Crippen LogP contribution in [0.5, 0.6) is 0 Å². The first-order valence-electron chi connectivity index (χ1n) is 7.65. The Labute approximate surface area is 150 Å². The van der Waals surface area contributed by atoms with Crippen molar-refractivity contribution in [2.24, 2.45) is 4.52 Å². The van der Waals surface area contributed by atoms with Crippen molar-refractivity contribution in [2.45, 2.75) is 13.0 Å². The second kappa shape index (κ2) is 7.67. The molecule has 0 aliphatic rings. The molecule has 3 aromatic rings. The lowest BCUT2D eigenvalue weighted by molar-refractivity contribution is 0.410. The normalized spacial score (nSPS) is 11.6. The summed E-state index contributed by atoms with van der Waals surface area (Å²) in [5.74, 6) is 0. The van der Waals surface area contributed by atoms with Gasteiger partial charge in [0, 0.05) is 27.2 Å². The molecule has 0 atom stereocenters. The van der Waals surface area contributed by atoms with Crippen LogP contribution in [0.3, 0.4) is 0 Å². The number of thiophene rings is 1. The van der Waals surface area contributed by atoms with E-state index < -0.39 is 10.2 Å². The first-order valence-corrected chi connectivity index (χ1v) is 9.93. The van der Waals surface area contributed by atoms with E-state index in [2.05, 4.69) is 9.43 Å². The van der Waals surface area contributed by atoms with Gasteiger partial charge in [0.25, 0.3) is 0 Å². The number of rotatable bonds is 7. The number of hydrogen-bond donors (Lipinski definition) is 0. The van der Waals surface area contributed by atoms with Gasteiger partial charge in [-0.1, -0.05) is 42.5 Å². The molecular weight excluding hydrogens is 356 g/mol. The van der Waals surface area contributed by atoms with Crippen molar-refractivity contribution in [1.29, 1.82) is 0 Å². The van der Waals surface area contributed by atoms with E-state index in [0.717, 1.165) is 16.5 Å². The summed E-state index contributed by atoms with van der Waals surface area (Å²) in [6.07, 6.45) is 0.543. The van der Waals surface area contributed by atoms with E-state index in [4.69, 9.17) is 5.53 Å². The van der Waals surface area contributed by atoms with Crippen LogP contribution in [-0.2, 0) is 23.2 Å². The summed E-state index contributed by atoms with van der Waals surface area (Å²) in [7, 11) is -4.04. The van der Waals surface area contributed by atoms with Crippen molar-refractivity contribution in [3.05, 3.63) is 81.5 Å². The summed E-state index contributed by atoms with van der Waals surface area (Å²) in [6, 6.07) is 17.3. The van der Waals surface area contributed by atoms with E-state index in [-0.39, 0.29) is 13.1 Å². The van der Waals surface area contributed by atoms with Crippen LogP contribution < -0.4 is 0 Å². The molecule has 0 unspecified atom stereocenters. The quantitative estimate of drug-likeness (QED) is 0.347. The maximum Gasteiger partial charge on any atom is 0.302 e. The predicted molar refractivity (Wildman–Crippen MR) is 100 cm³/mol. The average molecular weight is 372 g/mol. The van der Waals surface area contributed by atoms with Crippen LogP contribution >= 0.6 is 11.3 Å². The van der Waals surface area contributed by atoms with Gasteiger partial charge in [0.2, 0.25) is 0 Å². The molecule has 128 valence electrons. The predicted octanol–water partition coefficient (Wildman–Crippen LogP) is 4.50. The fourth-order valence-electron chi connectivity index (χ4n) is 2.68. The molecule has 3 rings (SSSR count). The molecule has 0 bridgehead atoms. The molecule has 0 saturated carbocycles. The van der Waals surface area contributed by atoms with Crippen LogP contribution in [0.25, 0.3) is 20.5 Å². The van der Waals surface area contributed by atoms with E-state index in [1.54, 1.807) is 11.3 Å². The molecule has 0 amide bonds. The molecule has 0 aliphatic heterocycles. The Morgan fingerprint density at radius 3 is 2.64 bits per heavy atom. The third kappa shape index (κ3) is 4.18. The topological polar surface area (TPSA) is 86.1 Å². The zero-order valence-corrected chi connectivity index (χ0v) is 14.9. The van der Waals surface area contributed by atoms with E-state index in [1.807, 2.05) is 60.0 Å². The minimum Gasteiger partial charge on any atom is -0.204 e. The van der Waals surface area contributed by atoms with E-state index in [9.17, 15) is 8.42 Å². The molecule has 6 nitrogen and oxygen atoms in total. The Morgan fingerprint density at radius 2 is 1.88 bits per heavy atom. The van der Waals surface area contributed by atoms with Crippen molar-refractivity contribution in [3.8, 4) is 0 Å². The van der Waals surface area contributed by atoms with Gasteiger partial charge in [0.05, 0.1) is 0 Å². The highest BCUT2D eigenvalue weighted by atomic mass is 32.2. The lowest BCUT2D eigenvalue weighted by atomic mass is 10.1. The molecule has 2 aromatic carbocycles. The van der Waals surface area contributed by atoms with Crippen molar-refractivity contribution in [2.75, 3.05) is 6.54 Å². The van der Waals surface area contributed by atoms with Gasteiger partial charge in [-0.2, -0.15) is 4.31 Å². The molecule has 0 spiro atoms. The minimum atomic E-state index is -4.04. The molecule has 8 heteroatoms. The second-order valence-corrected chi connectivity index (χ2v) is 7.99. The summed E-state index contributed by atoms with van der Waals surface area (Å²) >= 11 is 1.65. The SMILES string of the molecule is [N-]=[N+]=NS(=O)(=O)N(CCc1cccc2sccc12)Cc1ccccc1. The van der Waals surface area contributed by atoms with Crippen molar-refractivity contribution in [3.63, 3.8) is 0 Å². The summed E-state index contributed by atoms with van der Waals surface area (Å²) in [5.41, 5.74) is 10.5.